The Morgan fingerprint density at radius 3 is 0.961 bits per heavy atom. The molecular formula is C88H169NO13. The van der Waals surface area contributed by atoms with E-state index in [1.165, 1.54) is 372 Å². The van der Waals surface area contributed by atoms with Crippen LogP contribution in [-0.4, -0.2) is 140 Å². The number of aliphatic hydroxyl groups is 8. The molecule has 2 heterocycles. The molecule has 2 aliphatic heterocycles. The molecule has 12 unspecified atom stereocenters. The van der Waals surface area contributed by atoms with E-state index in [1.54, 1.807) is 6.08 Å². The largest absolute Gasteiger partial charge is 0.394 e. The molecule has 12 atom stereocenters. The fraction of sp³-hybridized carbons (Fsp3) is 0.943. The molecule has 0 aromatic heterocycles. The summed E-state index contributed by atoms with van der Waals surface area (Å²) >= 11 is 0. The SMILES string of the molecule is CCCCCCCCCCCCCCCCCCCCCCCCCCCCC/C=C/CC/C=C/C(O)C(COC1OC(CO)C(OC2OC(CO)C(O)C(O)C2O)C(O)C1O)NC(=O)CCCCCCCCCCCCCCCCCCCCCCCCCCCCCCCCCCCCC. The van der Waals surface area contributed by atoms with Crippen LogP contribution in [0.5, 0.6) is 0 Å². The Hall–Kier alpha value is -1.53. The Morgan fingerprint density at radius 2 is 0.627 bits per heavy atom. The van der Waals surface area contributed by atoms with Gasteiger partial charge in [-0.3, -0.25) is 4.79 Å². The maximum absolute atomic E-state index is 13.4. The van der Waals surface area contributed by atoms with Crippen LogP contribution in [0.2, 0.25) is 0 Å². The molecule has 2 saturated heterocycles. The van der Waals surface area contributed by atoms with Crippen molar-refractivity contribution < 1.29 is 64.6 Å². The van der Waals surface area contributed by atoms with Gasteiger partial charge in [-0.2, -0.15) is 0 Å². The number of unbranched alkanes of at least 4 members (excludes halogenated alkanes) is 62. The van der Waals surface area contributed by atoms with Crippen molar-refractivity contribution in [3.8, 4) is 0 Å². The van der Waals surface area contributed by atoms with E-state index < -0.39 is 86.8 Å². The number of nitrogens with one attached hydrogen (secondary N) is 1. The molecular weight excluding hydrogens is 1280 g/mol. The number of rotatable bonds is 77. The lowest BCUT2D eigenvalue weighted by Gasteiger charge is -2.46. The van der Waals surface area contributed by atoms with Crippen molar-refractivity contribution in [3.63, 3.8) is 0 Å². The topological polar surface area (TPSA) is 228 Å². The van der Waals surface area contributed by atoms with Crippen LogP contribution >= 0.6 is 0 Å². The van der Waals surface area contributed by atoms with Crippen molar-refractivity contribution >= 4 is 5.91 Å². The summed E-state index contributed by atoms with van der Waals surface area (Å²) in [6.45, 7) is 2.87. The standard InChI is InChI=1S/C88H169NO13/c1-3-5-7-9-11-13-15-17-19-21-23-25-27-29-31-33-35-37-38-40-42-44-46-48-50-52-54-56-58-60-62-64-66-68-70-72-80(93)89-76(75-99-87-85(98)83(96)86(79(74-91)101-87)102-88-84(97)82(95)81(94)78(73-90)100-88)77(92)71-69-67-65-63-61-59-57-55-53-51-49-47-45-43-41-39-36-34-32-30-28-26-24-22-20-18-16-14-12-10-8-6-4-2/h61,63,69,71,76-79,81-88,90-92,94-98H,3-60,62,64-68,70,72-75H2,1-2H3,(H,89,93)/b63-61+,71-69+. The van der Waals surface area contributed by atoms with Crippen molar-refractivity contribution in [1.82, 2.24) is 5.32 Å². The maximum atomic E-state index is 13.4. The van der Waals surface area contributed by atoms with Crippen LogP contribution in [0.4, 0.5) is 0 Å². The predicted molar refractivity (Wildman–Crippen MR) is 425 cm³/mol. The van der Waals surface area contributed by atoms with Crippen LogP contribution in [0, 0.1) is 0 Å². The highest BCUT2D eigenvalue weighted by molar-refractivity contribution is 5.76. The summed E-state index contributed by atoms with van der Waals surface area (Å²) in [6.07, 6.45) is 78.8. The molecule has 0 aromatic carbocycles. The van der Waals surface area contributed by atoms with Crippen molar-refractivity contribution in [1.29, 1.82) is 0 Å². The summed E-state index contributed by atoms with van der Waals surface area (Å²) in [5.41, 5.74) is 0. The van der Waals surface area contributed by atoms with Gasteiger partial charge in [-0.25, -0.2) is 0 Å². The van der Waals surface area contributed by atoms with Gasteiger partial charge in [0.2, 0.25) is 5.91 Å². The normalized spacial score (nSPS) is 21.7. The Morgan fingerprint density at radius 1 is 0.343 bits per heavy atom. The number of allylic oxidation sites excluding steroid dienone is 3. The highest BCUT2D eigenvalue weighted by Gasteiger charge is 2.51. The summed E-state index contributed by atoms with van der Waals surface area (Å²) < 4.78 is 22.9. The molecule has 14 nitrogen and oxygen atoms in total. The smallest absolute Gasteiger partial charge is 0.220 e. The molecule has 0 aliphatic carbocycles. The van der Waals surface area contributed by atoms with Crippen LogP contribution in [0.1, 0.15) is 438 Å². The number of amides is 1. The van der Waals surface area contributed by atoms with Crippen molar-refractivity contribution in [2.45, 2.75) is 511 Å². The molecule has 9 N–H and O–H groups in total. The fourth-order valence-corrected chi connectivity index (χ4v) is 15.1. The number of aliphatic hydroxyl groups excluding tert-OH is 8. The summed E-state index contributed by atoms with van der Waals surface area (Å²) in [6, 6.07) is -0.931. The minimum Gasteiger partial charge on any atom is -0.394 e. The van der Waals surface area contributed by atoms with E-state index in [1.807, 2.05) is 6.08 Å². The quantitative estimate of drug-likeness (QED) is 0.0204. The lowest BCUT2D eigenvalue weighted by Crippen LogP contribution is -2.65. The summed E-state index contributed by atoms with van der Waals surface area (Å²) in [5.74, 6) is -0.238. The summed E-state index contributed by atoms with van der Waals surface area (Å²) in [7, 11) is 0. The molecule has 2 rings (SSSR count). The van der Waals surface area contributed by atoms with Gasteiger partial charge in [0.1, 0.15) is 48.8 Å². The molecule has 0 aromatic rings. The van der Waals surface area contributed by atoms with Gasteiger partial charge >= 0.3 is 0 Å². The van der Waals surface area contributed by atoms with Crippen LogP contribution < -0.4 is 5.32 Å². The third-order valence-electron chi connectivity index (χ3n) is 22.1. The van der Waals surface area contributed by atoms with E-state index in [2.05, 4.69) is 31.3 Å². The zero-order valence-corrected chi connectivity index (χ0v) is 66.6. The number of hydrogen-bond acceptors (Lipinski definition) is 13. The van der Waals surface area contributed by atoms with Gasteiger partial charge in [0.25, 0.3) is 0 Å². The minimum absolute atomic E-state index is 0.238. The molecule has 1 amide bonds. The molecule has 2 aliphatic rings. The van der Waals surface area contributed by atoms with Crippen LogP contribution in [-0.2, 0) is 23.7 Å². The number of ether oxygens (including phenoxy) is 4. The number of carbonyl (C=O) groups excluding carboxylic acids is 1. The molecule has 0 saturated carbocycles. The molecule has 2 fully saturated rings. The van der Waals surface area contributed by atoms with Crippen molar-refractivity contribution in [2.75, 3.05) is 19.8 Å². The third kappa shape index (κ3) is 54.1. The molecule has 0 radical (unpaired) electrons. The van der Waals surface area contributed by atoms with E-state index in [4.69, 9.17) is 18.9 Å². The van der Waals surface area contributed by atoms with Crippen LogP contribution in [0.15, 0.2) is 24.3 Å². The second-order valence-corrected chi connectivity index (χ2v) is 31.7. The Labute approximate surface area is 628 Å². The monoisotopic (exact) mass is 1450 g/mol. The highest BCUT2D eigenvalue weighted by atomic mass is 16.7. The molecule has 14 heteroatoms. The Balaban J connectivity index is 1.58. The first-order valence-electron chi connectivity index (χ1n) is 44.6. The maximum Gasteiger partial charge on any atom is 0.220 e. The average molecular weight is 1450 g/mol. The first kappa shape index (κ1) is 96.5. The lowest BCUT2D eigenvalue weighted by molar-refractivity contribution is -0.359. The Bertz CT molecular complexity index is 1810. The van der Waals surface area contributed by atoms with E-state index in [-0.39, 0.29) is 18.9 Å². The number of carbonyl (C=O) groups is 1. The highest BCUT2D eigenvalue weighted by Crippen LogP contribution is 2.31. The first-order chi connectivity index (χ1) is 50.1. The van der Waals surface area contributed by atoms with Crippen LogP contribution in [0.3, 0.4) is 0 Å². The van der Waals surface area contributed by atoms with Gasteiger partial charge in [-0.1, -0.05) is 423 Å². The minimum atomic E-state index is -1.79. The molecule has 102 heavy (non-hydrogen) atoms. The van der Waals surface area contributed by atoms with E-state index in [0.29, 0.717) is 12.8 Å². The lowest BCUT2D eigenvalue weighted by atomic mass is 9.97. The van der Waals surface area contributed by atoms with Gasteiger partial charge in [0.15, 0.2) is 12.6 Å². The molecule has 0 bridgehead atoms. The van der Waals surface area contributed by atoms with Gasteiger partial charge in [-0.15, -0.1) is 0 Å². The summed E-state index contributed by atoms with van der Waals surface area (Å²) in [4.78, 5) is 13.4. The van der Waals surface area contributed by atoms with Gasteiger partial charge in [-0.05, 0) is 32.1 Å². The van der Waals surface area contributed by atoms with E-state index >= 15 is 0 Å². The van der Waals surface area contributed by atoms with Gasteiger partial charge in [0.05, 0.1) is 32.0 Å². The van der Waals surface area contributed by atoms with Gasteiger partial charge in [0, 0.05) is 6.42 Å². The first-order valence-corrected chi connectivity index (χ1v) is 44.6. The van der Waals surface area contributed by atoms with E-state index in [0.717, 1.165) is 32.1 Å². The number of hydrogen-bond donors (Lipinski definition) is 9. The molecule has 604 valence electrons. The average Bonchev–Trinajstić information content (AvgIpc) is 0.790. The van der Waals surface area contributed by atoms with Crippen molar-refractivity contribution in [2.24, 2.45) is 0 Å². The fourth-order valence-electron chi connectivity index (χ4n) is 15.1. The zero-order valence-electron chi connectivity index (χ0n) is 66.6. The predicted octanol–water partition coefficient (Wildman–Crippen LogP) is 21.4. The summed E-state index contributed by atoms with van der Waals surface area (Å²) in [5, 5.41) is 87.8. The third-order valence-corrected chi connectivity index (χ3v) is 22.1. The van der Waals surface area contributed by atoms with Crippen molar-refractivity contribution in [3.05, 3.63) is 24.3 Å². The second-order valence-electron chi connectivity index (χ2n) is 31.7. The molecule has 0 spiro atoms. The van der Waals surface area contributed by atoms with E-state index in [9.17, 15) is 45.6 Å². The second kappa shape index (κ2) is 72.3. The zero-order chi connectivity index (χ0) is 73.7. The Kier molecular flexibility index (Phi) is 68.5. The van der Waals surface area contributed by atoms with Gasteiger partial charge < -0.3 is 65.1 Å². The van der Waals surface area contributed by atoms with Crippen LogP contribution in [0.25, 0.3) is 0 Å².